The molecule has 2 unspecified atom stereocenters. The van der Waals surface area contributed by atoms with E-state index in [2.05, 4.69) is 5.48 Å². The van der Waals surface area contributed by atoms with Crippen molar-refractivity contribution in [3.05, 3.63) is 71.8 Å². The van der Waals surface area contributed by atoms with Crippen LogP contribution in [0.5, 0.6) is 0 Å². The van der Waals surface area contributed by atoms with E-state index in [4.69, 9.17) is 4.84 Å². The number of hydrogen-bond donors (Lipinski definition) is 1. The quantitative estimate of drug-likeness (QED) is 0.880. The molecule has 106 valence electrons. The SMILES string of the molecule is O=C(NOC(=O)C1CC1c1ccccc1)c1ccccc1. The van der Waals surface area contributed by atoms with Gasteiger partial charge in [-0.05, 0) is 30.0 Å². The lowest BCUT2D eigenvalue weighted by Gasteiger charge is -2.05. The summed E-state index contributed by atoms with van der Waals surface area (Å²) in [5.74, 6) is -0.759. The van der Waals surface area contributed by atoms with Crippen LogP contribution in [0.1, 0.15) is 28.3 Å². The number of amides is 1. The smallest absolute Gasteiger partial charge is 0.335 e. The maximum Gasteiger partial charge on any atom is 0.335 e. The molecule has 1 amide bonds. The van der Waals surface area contributed by atoms with Gasteiger partial charge in [-0.25, -0.2) is 4.79 Å². The number of rotatable bonds is 3. The van der Waals surface area contributed by atoms with E-state index in [-0.39, 0.29) is 17.8 Å². The van der Waals surface area contributed by atoms with Gasteiger partial charge in [-0.1, -0.05) is 48.5 Å². The van der Waals surface area contributed by atoms with Crippen molar-refractivity contribution >= 4 is 11.9 Å². The minimum absolute atomic E-state index is 0.163. The molecular weight excluding hydrogens is 266 g/mol. The minimum atomic E-state index is -0.416. The molecule has 0 aromatic heterocycles. The molecule has 2 atom stereocenters. The molecule has 4 nitrogen and oxygen atoms in total. The number of hydrogen-bond acceptors (Lipinski definition) is 3. The second-order valence-electron chi connectivity index (χ2n) is 5.08. The first kappa shape index (κ1) is 13.4. The number of carbonyl (C=O) groups excluding carboxylic acids is 2. The molecule has 1 N–H and O–H groups in total. The Hall–Kier alpha value is -2.62. The summed E-state index contributed by atoms with van der Waals surface area (Å²) in [5, 5.41) is 0. The molecule has 1 fully saturated rings. The topological polar surface area (TPSA) is 55.4 Å². The summed E-state index contributed by atoms with van der Waals surface area (Å²) < 4.78 is 0. The van der Waals surface area contributed by atoms with Crippen molar-refractivity contribution in [3.8, 4) is 0 Å². The number of carbonyl (C=O) groups is 2. The third-order valence-corrected chi connectivity index (χ3v) is 3.60. The van der Waals surface area contributed by atoms with Crippen LogP contribution in [0, 0.1) is 5.92 Å². The Labute approximate surface area is 122 Å². The van der Waals surface area contributed by atoms with Crippen LogP contribution < -0.4 is 5.48 Å². The van der Waals surface area contributed by atoms with Gasteiger partial charge in [0.1, 0.15) is 0 Å². The zero-order chi connectivity index (χ0) is 14.7. The highest BCUT2D eigenvalue weighted by Gasteiger charge is 2.45. The first-order valence-corrected chi connectivity index (χ1v) is 6.87. The second kappa shape index (κ2) is 5.79. The molecule has 2 aromatic carbocycles. The zero-order valence-corrected chi connectivity index (χ0v) is 11.4. The van der Waals surface area contributed by atoms with Crippen molar-refractivity contribution in [2.75, 3.05) is 0 Å². The molecule has 1 aliphatic rings. The van der Waals surface area contributed by atoms with Crippen molar-refractivity contribution in [1.29, 1.82) is 0 Å². The molecule has 0 bridgehead atoms. The van der Waals surface area contributed by atoms with Gasteiger partial charge in [-0.15, -0.1) is 0 Å². The molecule has 0 saturated heterocycles. The van der Waals surface area contributed by atoms with Gasteiger partial charge >= 0.3 is 5.97 Å². The molecule has 4 heteroatoms. The van der Waals surface area contributed by atoms with E-state index in [0.29, 0.717) is 5.56 Å². The maximum absolute atomic E-state index is 11.9. The van der Waals surface area contributed by atoms with Crippen molar-refractivity contribution in [2.24, 2.45) is 5.92 Å². The van der Waals surface area contributed by atoms with Crippen LogP contribution in [-0.2, 0) is 9.63 Å². The predicted molar refractivity (Wildman–Crippen MR) is 77.3 cm³/mol. The summed E-state index contributed by atoms with van der Waals surface area (Å²) in [5.41, 5.74) is 3.80. The highest BCUT2D eigenvalue weighted by molar-refractivity contribution is 5.94. The van der Waals surface area contributed by atoms with Gasteiger partial charge in [0.2, 0.25) is 0 Å². The van der Waals surface area contributed by atoms with Crippen molar-refractivity contribution in [3.63, 3.8) is 0 Å². The average molecular weight is 281 g/mol. The molecule has 3 rings (SSSR count). The van der Waals surface area contributed by atoms with Crippen molar-refractivity contribution in [2.45, 2.75) is 12.3 Å². The summed E-state index contributed by atoms with van der Waals surface area (Å²) >= 11 is 0. The Morgan fingerprint density at radius 1 is 0.952 bits per heavy atom. The fourth-order valence-corrected chi connectivity index (χ4v) is 2.34. The van der Waals surface area contributed by atoms with Crippen molar-refractivity contribution < 1.29 is 14.4 Å². The molecule has 0 heterocycles. The second-order valence-corrected chi connectivity index (χ2v) is 5.08. The van der Waals surface area contributed by atoms with E-state index in [1.807, 2.05) is 36.4 Å². The van der Waals surface area contributed by atoms with Gasteiger partial charge in [0.15, 0.2) is 0 Å². The van der Waals surface area contributed by atoms with Gasteiger partial charge in [0.05, 0.1) is 5.92 Å². The van der Waals surface area contributed by atoms with E-state index in [9.17, 15) is 9.59 Å². The van der Waals surface area contributed by atoms with E-state index < -0.39 is 5.91 Å². The molecule has 0 radical (unpaired) electrons. The normalized spacial score (nSPS) is 19.6. The van der Waals surface area contributed by atoms with Crippen LogP contribution in [0.4, 0.5) is 0 Å². The standard InChI is InChI=1S/C17H15NO3/c19-16(13-9-5-2-6-10-13)18-21-17(20)15-11-14(15)12-7-3-1-4-8-12/h1-10,14-15H,11H2,(H,18,19). The van der Waals surface area contributed by atoms with Gasteiger partial charge < -0.3 is 4.84 Å². The fourth-order valence-electron chi connectivity index (χ4n) is 2.34. The van der Waals surface area contributed by atoms with Crippen molar-refractivity contribution in [1.82, 2.24) is 5.48 Å². The summed E-state index contributed by atoms with van der Waals surface area (Å²) in [6, 6.07) is 18.5. The lowest BCUT2D eigenvalue weighted by molar-refractivity contribution is -0.150. The third-order valence-electron chi connectivity index (χ3n) is 3.60. The number of nitrogens with one attached hydrogen (secondary N) is 1. The van der Waals surface area contributed by atoms with Crippen LogP contribution in [0.15, 0.2) is 60.7 Å². The average Bonchev–Trinajstić information content (AvgIpc) is 3.35. The molecule has 0 spiro atoms. The molecular formula is C17H15NO3. The summed E-state index contributed by atoms with van der Waals surface area (Å²) in [4.78, 5) is 28.5. The van der Waals surface area contributed by atoms with Crippen LogP contribution in [0.25, 0.3) is 0 Å². The molecule has 1 aliphatic carbocycles. The Balaban J connectivity index is 1.51. The third kappa shape index (κ3) is 3.11. The van der Waals surface area contributed by atoms with Crippen LogP contribution in [0.3, 0.4) is 0 Å². The van der Waals surface area contributed by atoms with Crippen LogP contribution in [0.2, 0.25) is 0 Å². The van der Waals surface area contributed by atoms with Crippen LogP contribution in [-0.4, -0.2) is 11.9 Å². The fraction of sp³-hybridized carbons (Fsp3) is 0.176. The lowest BCUT2D eigenvalue weighted by Crippen LogP contribution is -2.28. The molecule has 0 aliphatic heterocycles. The lowest BCUT2D eigenvalue weighted by atomic mass is 10.1. The van der Waals surface area contributed by atoms with E-state index in [1.165, 1.54) is 0 Å². The Kier molecular flexibility index (Phi) is 3.69. The largest absolute Gasteiger partial charge is 0.340 e. The molecule has 21 heavy (non-hydrogen) atoms. The summed E-state index contributed by atoms with van der Waals surface area (Å²) in [6.45, 7) is 0. The van der Waals surface area contributed by atoms with Gasteiger partial charge in [0, 0.05) is 5.56 Å². The van der Waals surface area contributed by atoms with E-state index in [1.54, 1.807) is 24.3 Å². The predicted octanol–water partition coefficient (Wildman–Crippen LogP) is 2.68. The Morgan fingerprint density at radius 3 is 2.24 bits per heavy atom. The van der Waals surface area contributed by atoms with Gasteiger partial charge in [0.25, 0.3) is 5.91 Å². The first-order chi connectivity index (χ1) is 10.3. The first-order valence-electron chi connectivity index (χ1n) is 6.87. The maximum atomic E-state index is 11.9. The summed E-state index contributed by atoms with van der Waals surface area (Å²) in [6.07, 6.45) is 0.768. The van der Waals surface area contributed by atoms with Gasteiger partial charge in [-0.2, -0.15) is 5.48 Å². The summed E-state index contributed by atoms with van der Waals surface area (Å²) in [7, 11) is 0. The van der Waals surface area contributed by atoms with E-state index in [0.717, 1.165) is 12.0 Å². The monoisotopic (exact) mass is 281 g/mol. The minimum Gasteiger partial charge on any atom is -0.340 e. The van der Waals surface area contributed by atoms with E-state index >= 15 is 0 Å². The Bertz CT molecular complexity index is 640. The van der Waals surface area contributed by atoms with Crippen LogP contribution >= 0.6 is 0 Å². The molecule has 1 saturated carbocycles. The van der Waals surface area contributed by atoms with Gasteiger partial charge in [-0.3, -0.25) is 4.79 Å². The highest BCUT2D eigenvalue weighted by atomic mass is 16.7. The Morgan fingerprint density at radius 2 is 1.57 bits per heavy atom. The number of benzene rings is 2. The molecule has 2 aromatic rings. The zero-order valence-electron chi connectivity index (χ0n) is 11.4. The number of hydroxylamine groups is 1. The highest BCUT2D eigenvalue weighted by Crippen LogP contribution is 2.47.